The zero-order valence-electron chi connectivity index (χ0n) is 30.7. The van der Waals surface area contributed by atoms with Gasteiger partial charge in [0, 0.05) is 45.5 Å². The van der Waals surface area contributed by atoms with Crippen LogP contribution in [0.25, 0.3) is 71.7 Å². The van der Waals surface area contributed by atoms with Crippen molar-refractivity contribution in [2.75, 3.05) is 11.9 Å². The van der Waals surface area contributed by atoms with E-state index in [0.717, 1.165) is 34.0 Å². The van der Waals surface area contributed by atoms with E-state index in [9.17, 15) is 0 Å². The fourth-order valence-electron chi connectivity index (χ4n) is 9.76. The number of para-hydroxylation sites is 5. The molecule has 56 heavy (non-hydrogen) atoms. The topological polar surface area (TPSA) is 30.9 Å². The third-order valence-electron chi connectivity index (χ3n) is 12.1. The van der Waals surface area contributed by atoms with E-state index in [2.05, 4.69) is 220 Å². The molecule has 0 N–H and O–H groups in total. The summed E-state index contributed by atoms with van der Waals surface area (Å²) >= 11 is 0. The van der Waals surface area contributed by atoms with Crippen molar-refractivity contribution in [3.05, 3.63) is 211 Å². The normalized spacial score (nSPS) is 13.6. The Bertz CT molecular complexity index is 3240. The quantitative estimate of drug-likeness (QED) is 0.181. The van der Waals surface area contributed by atoms with Crippen LogP contribution >= 0.6 is 0 Å². The molecule has 11 aromatic rings. The molecule has 0 spiro atoms. The number of anilines is 1. The Morgan fingerprint density at radius 1 is 0.393 bits per heavy atom. The SMILES string of the molecule is CN1c2nc3ccccc3n2-c2ccc(-n3c4ccccc4c4cc(-n5c6ccccc6c6ccccc65)ccc43)cc2C1(c1ccccc1)c1ccccc1. The molecule has 4 heterocycles. The largest absolute Gasteiger partial charge is 0.327 e. The molecule has 1 aliphatic heterocycles. The number of hydrogen-bond acceptors (Lipinski definition) is 2. The predicted molar refractivity (Wildman–Crippen MR) is 231 cm³/mol. The number of nitrogens with zero attached hydrogens (tertiary/aromatic N) is 5. The highest BCUT2D eigenvalue weighted by molar-refractivity contribution is 6.12. The second-order valence-corrected chi connectivity index (χ2v) is 14.9. The maximum atomic E-state index is 5.28. The molecule has 0 radical (unpaired) electrons. The van der Waals surface area contributed by atoms with Gasteiger partial charge in [0.05, 0.1) is 38.8 Å². The third kappa shape index (κ3) is 4.06. The maximum Gasteiger partial charge on any atom is 0.212 e. The molecule has 5 nitrogen and oxygen atoms in total. The van der Waals surface area contributed by atoms with Gasteiger partial charge in [-0.05, 0) is 77.9 Å². The van der Waals surface area contributed by atoms with E-state index in [1.54, 1.807) is 0 Å². The van der Waals surface area contributed by atoms with Crippen molar-refractivity contribution in [1.82, 2.24) is 18.7 Å². The standard InChI is InChI=1S/C51H35N5/c1-53-50-52-43-23-11-15-27-49(43)56(50)48-31-29-37(33-42(48)51(53,34-16-4-2-5-17-34)35-18-6-3-7-19-35)55-46-26-14-10-22-40(46)41-32-36(28-30-47(41)55)54-44-24-12-8-20-38(44)39-21-9-13-25-45(39)54/h2-33H,1H3. The van der Waals surface area contributed by atoms with Gasteiger partial charge >= 0.3 is 0 Å². The smallest absolute Gasteiger partial charge is 0.212 e. The van der Waals surface area contributed by atoms with Gasteiger partial charge in [-0.25, -0.2) is 4.98 Å². The molecule has 8 aromatic carbocycles. The lowest BCUT2D eigenvalue weighted by Gasteiger charge is -2.48. The fraction of sp³-hybridized carbons (Fsp3) is 0.0392. The summed E-state index contributed by atoms with van der Waals surface area (Å²) in [6.45, 7) is 0. The Morgan fingerprint density at radius 3 is 1.46 bits per heavy atom. The number of imidazole rings is 1. The molecule has 0 bridgehead atoms. The maximum absolute atomic E-state index is 5.28. The summed E-state index contributed by atoms with van der Waals surface area (Å²) in [6, 6.07) is 70.6. The van der Waals surface area contributed by atoms with Crippen LogP contribution in [-0.2, 0) is 5.54 Å². The monoisotopic (exact) mass is 717 g/mol. The fourth-order valence-corrected chi connectivity index (χ4v) is 9.76. The van der Waals surface area contributed by atoms with Crippen LogP contribution in [-0.4, -0.2) is 25.7 Å². The first-order valence-electron chi connectivity index (χ1n) is 19.2. The van der Waals surface area contributed by atoms with Crippen LogP contribution in [0.1, 0.15) is 16.7 Å². The lowest BCUT2D eigenvalue weighted by atomic mass is 9.74. The molecule has 0 atom stereocenters. The molecule has 0 fully saturated rings. The first-order chi connectivity index (χ1) is 27.7. The van der Waals surface area contributed by atoms with Gasteiger partial charge in [0.25, 0.3) is 0 Å². The van der Waals surface area contributed by atoms with Crippen molar-refractivity contribution in [2.45, 2.75) is 5.54 Å². The average Bonchev–Trinajstić information content (AvgIpc) is 3.93. The number of benzene rings is 8. The van der Waals surface area contributed by atoms with Gasteiger partial charge in [-0.1, -0.05) is 127 Å². The molecule has 12 rings (SSSR count). The molecule has 0 saturated heterocycles. The minimum atomic E-state index is -0.673. The number of hydrogen-bond donors (Lipinski definition) is 0. The van der Waals surface area contributed by atoms with E-state index in [1.807, 2.05) is 0 Å². The number of fused-ring (bicyclic) bond motifs is 11. The summed E-state index contributed by atoms with van der Waals surface area (Å²) in [5, 5.41) is 4.97. The van der Waals surface area contributed by atoms with Crippen LogP contribution in [0.2, 0.25) is 0 Å². The zero-order valence-corrected chi connectivity index (χ0v) is 30.7. The third-order valence-corrected chi connectivity index (χ3v) is 12.1. The van der Waals surface area contributed by atoms with E-state index < -0.39 is 5.54 Å². The van der Waals surface area contributed by atoms with Gasteiger partial charge in [-0.2, -0.15) is 0 Å². The van der Waals surface area contributed by atoms with Gasteiger partial charge < -0.3 is 14.0 Å². The molecule has 264 valence electrons. The number of rotatable bonds is 4. The molecule has 0 amide bonds. The van der Waals surface area contributed by atoms with E-state index in [4.69, 9.17) is 4.98 Å². The van der Waals surface area contributed by atoms with Crippen molar-refractivity contribution in [3.8, 4) is 17.1 Å². The van der Waals surface area contributed by atoms with Crippen LogP contribution in [0, 0.1) is 0 Å². The minimum absolute atomic E-state index is 0.673. The minimum Gasteiger partial charge on any atom is -0.327 e. The molecule has 0 unspecified atom stereocenters. The van der Waals surface area contributed by atoms with Crippen molar-refractivity contribution < 1.29 is 0 Å². The highest BCUT2D eigenvalue weighted by atomic mass is 15.4. The summed E-state index contributed by atoms with van der Waals surface area (Å²) in [6.07, 6.45) is 0. The molecular formula is C51H35N5. The lowest BCUT2D eigenvalue weighted by molar-refractivity contribution is 0.564. The Balaban J connectivity index is 1.16. The van der Waals surface area contributed by atoms with Crippen molar-refractivity contribution in [3.63, 3.8) is 0 Å². The molecular weight excluding hydrogens is 683 g/mol. The number of aromatic nitrogens is 4. The first-order valence-corrected chi connectivity index (χ1v) is 19.2. The Hall–Kier alpha value is -7.37. The van der Waals surface area contributed by atoms with Gasteiger partial charge in [-0.3, -0.25) is 4.57 Å². The van der Waals surface area contributed by atoms with Crippen LogP contribution in [0.5, 0.6) is 0 Å². The Labute approximate surface area is 323 Å². The van der Waals surface area contributed by atoms with Crippen LogP contribution in [0.4, 0.5) is 5.95 Å². The predicted octanol–water partition coefficient (Wildman–Crippen LogP) is 12.0. The molecule has 0 saturated carbocycles. The molecule has 3 aromatic heterocycles. The highest BCUT2D eigenvalue weighted by Gasteiger charge is 2.47. The average molecular weight is 718 g/mol. The zero-order chi connectivity index (χ0) is 37.0. The molecule has 1 aliphatic rings. The molecule has 5 heteroatoms. The Kier molecular flexibility index (Phi) is 6.41. The van der Waals surface area contributed by atoms with Gasteiger partial charge in [0.1, 0.15) is 5.54 Å². The van der Waals surface area contributed by atoms with Gasteiger partial charge in [-0.15, -0.1) is 0 Å². The summed E-state index contributed by atoms with van der Waals surface area (Å²) in [5.74, 6) is 0.911. The van der Waals surface area contributed by atoms with Gasteiger partial charge in [0.2, 0.25) is 5.95 Å². The van der Waals surface area contributed by atoms with Crippen molar-refractivity contribution >= 4 is 60.6 Å². The lowest BCUT2D eigenvalue weighted by Crippen LogP contribution is -2.50. The van der Waals surface area contributed by atoms with Gasteiger partial charge in [0.15, 0.2) is 0 Å². The summed E-state index contributed by atoms with van der Waals surface area (Å²) in [4.78, 5) is 7.66. The van der Waals surface area contributed by atoms with Crippen molar-refractivity contribution in [1.29, 1.82) is 0 Å². The molecule has 0 aliphatic carbocycles. The second kappa shape index (κ2) is 11.6. The van der Waals surface area contributed by atoms with E-state index in [1.165, 1.54) is 60.3 Å². The summed E-state index contributed by atoms with van der Waals surface area (Å²) in [5.41, 5.74) is 13.1. The van der Waals surface area contributed by atoms with Crippen LogP contribution in [0.15, 0.2) is 194 Å². The van der Waals surface area contributed by atoms with Crippen molar-refractivity contribution in [2.24, 2.45) is 0 Å². The van der Waals surface area contributed by atoms with E-state index >= 15 is 0 Å². The Morgan fingerprint density at radius 2 is 0.857 bits per heavy atom. The summed E-state index contributed by atoms with van der Waals surface area (Å²) < 4.78 is 7.19. The van der Waals surface area contributed by atoms with E-state index in [-0.39, 0.29) is 0 Å². The first kappa shape index (κ1) is 31.0. The van der Waals surface area contributed by atoms with Crippen LogP contribution < -0.4 is 4.90 Å². The summed E-state index contributed by atoms with van der Waals surface area (Å²) in [7, 11) is 2.20. The highest BCUT2D eigenvalue weighted by Crippen LogP contribution is 2.51. The second-order valence-electron chi connectivity index (χ2n) is 14.9. The van der Waals surface area contributed by atoms with Crippen LogP contribution in [0.3, 0.4) is 0 Å². The van der Waals surface area contributed by atoms with E-state index in [0.29, 0.717) is 0 Å².